The molecule has 6 heteroatoms. The van der Waals surface area contributed by atoms with Gasteiger partial charge in [-0.3, -0.25) is 5.10 Å². The van der Waals surface area contributed by atoms with Crippen molar-refractivity contribution in [3.05, 3.63) is 35.7 Å². The zero-order valence-corrected chi connectivity index (χ0v) is 12.8. The van der Waals surface area contributed by atoms with Crippen LogP contribution in [0, 0.1) is 0 Å². The topological polar surface area (TPSA) is 62.8 Å². The molecular weight excluding hydrogens is 272 g/mol. The average molecular weight is 292 g/mol. The Hall–Kier alpha value is -1.53. The molecule has 0 radical (unpaired) electrons. The van der Waals surface area contributed by atoms with E-state index in [0.717, 1.165) is 28.8 Å². The molecule has 0 fully saturated rings. The van der Waals surface area contributed by atoms with Crippen LogP contribution in [0.2, 0.25) is 0 Å². The number of aromatic nitrogens is 3. The minimum absolute atomic E-state index is 0.333. The van der Waals surface area contributed by atoms with E-state index in [1.807, 2.05) is 6.07 Å². The second kappa shape index (κ2) is 7.31. The molecule has 108 valence electrons. The standard InChI is InChI=1S/C14H20N4OS/c1-4-15-10(2)11-5-6-13(19-3)12(7-11)8-20-14-16-9-17-18-14/h5-7,9-10,15H,4,8H2,1-3H3,(H,16,17,18). The van der Waals surface area contributed by atoms with Gasteiger partial charge < -0.3 is 10.1 Å². The lowest BCUT2D eigenvalue weighted by molar-refractivity contribution is 0.411. The van der Waals surface area contributed by atoms with E-state index < -0.39 is 0 Å². The molecule has 1 aromatic heterocycles. The van der Waals surface area contributed by atoms with Gasteiger partial charge in [0.25, 0.3) is 0 Å². The lowest BCUT2D eigenvalue weighted by atomic mass is 10.0. The lowest BCUT2D eigenvalue weighted by Gasteiger charge is -2.16. The first-order valence-corrected chi connectivity index (χ1v) is 7.61. The normalized spacial score (nSPS) is 12.3. The second-order valence-electron chi connectivity index (χ2n) is 4.43. The van der Waals surface area contributed by atoms with Gasteiger partial charge >= 0.3 is 0 Å². The van der Waals surface area contributed by atoms with E-state index >= 15 is 0 Å². The minimum Gasteiger partial charge on any atom is -0.496 e. The molecule has 0 bridgehead atoms. The summed E-state index contributed by atoms with van der Waals surface area (Å²) in [5.41, 5.74) is 2.43. The van der Waals surface area contributed by atoms with Crippen LogP contribution in [0.5, 0.6) is 5.75 Å². The fourth-order valence-electron chi connectivity index (χ4n) is 2.01. The van der Waals surface area contributed by atoms with Gasteiger partial charge in [-0.15, -0.1) is 0 Å². The van der Waals surface area contributed by atoms with Crippen LogP contribution in [0.25, 0.3) is 0 Å². The molecule has 2 rings (SSSR count). The molecule has 1 heterocycles. The van der Waals surface area contributed by atoms with Crippen LogP contribution in [0.4, 0.5) is 0 Å². The van der Waals surface area contributed by atoms with Crippen molar-refractivity contribution in [2.45, 2.75) is 30.8 Å². The summed E-state index contributed by atoms with van der Waals surface area (Å²) in [5, 5.41) is 10.9. The third kappa shape index (κ3) is 3.74. The first kappa shape index (κ1) is 14.9. The van der Waals surface area contributed by atoms with Crippen LogP contribution in [-0.2, 0) is 5.75 Å². The van der Waals surface area contributed by atoms with Crippen molar-refractivity contribution >= 4 is 11.8 Å². The molecule has 0 spiro atoms. The molecule has 1 aromatic carbocycles. The summed E-state index contributed by atoms with van der Waals surface area (Å²) in [7, 11) is 1.70. The lowest BCUT2D eigenvalue weighted by Crippen LogP contribution is -2.17. The number of ether oxygens (including phenoxy) is 1. The van der Waals surface area contributed by atoms with Crippen molar-refractivity contribution < 1.29 is 4.74 Å². The van der Waals surface area contributed by atoms with E-state index in [2.05, 4.69) is 46.5 Å². The fourth-order valence-corrected chi connectivity index (χ4v) is 2.77. The van der Waals surface area contributed by atoms with Crippen molar-refractivity contribution in [3.63, 3.8) is 0 Å². The van der Waals surface area contributed by atoms with E-state index in [0.29, 0.717) is 6.04 Å². The quantitative estimate of drug-likeness (QED) is 0.768. The molecular formula is C14H20N4OS. The van der Waals surface area contributed by atoms with Crippen molar-refractivity contribution in [1.29, 1.82) is 0 Å². The molecule has 0 amide bonds. The van der Waals surface area contributed by atoms with E-state index in [9.17, 15) is 0 Å². The Morgan fingerprint density at radius 2 is 2.30 bits per heavy atom. The summed E-state index contributed by atoms with van der Waals surface area (Å²) >= 11 is 1.61. The van der Waals surface area contributed by atoms with E-state index in [4.69, 9.17) is 4.74 Å². The zero-order valence-electron chi connectivity index (χ0n) is 12.0. The van der Waals surface area contributed by atoms with Gasteiger partial charge in [0.05, 0.1) is 7.11 Å². The Balaban J connectivity index is 2.13. The second-order valence-corrected chi connectivity index (χ2v) is 5.39. The first-order valence-electron chi connectivity index (χ1n) is 6.63. The SMILES string of the molecule is CCNC(C)c1ccc(OC)c(CSc2ncn[nH]2)c1. The van der Waals surface area contributed by atoms with Crippen LogP contribution in [-0.4, -0.2) is 28.8 Å². The Labute approximate surface area is 123 Å². The van der Waals surface area contributed by atoms with Gasteiger partial charge in [-0.25, -0.2) is 4.98 Å². The maximum Gasteiger partial charge on any atom is 0.183 e. The van der Waals surface area contributed by atoms with Gasteiger partial charge in [-0.2, -0.15) is 5.10 Å². The monoisotopic (exact) mass is 292 g/mol. The van der Waals surface area contributed by atoms with E-state index in [1.165, 1.54) is 11.9 Å². The highest BCUT2D eigenvalue weighted by molar-refractivity contribution is 7.98. The number of aromatic amines is 1. The predicted octanol–water partition coefficient (Wildman–Crippen LogP) is 2.78. The molecule has 0 aliphatic rings. The summed E-state index contributed by atoms with van der Waals surface area (Å²) in [6.45, 7) is 5.23. The Morgan fingerprint density at radius 3 is 2.95 bits per heavy atom. The molecule has 0 saturated heterocycles. The summed E-state index contributed by atoms with van der Waals surface area (Å²) in [6.07, 6.45) is 1.52. The zero-order chi connectivity index (χ0) is 14.4. The van der Waals surface area contributed by atoms with Gasteiger partial charge in [0.15, 0.2) is 5.16 Å². The number of hydrogen-bond donors (Lipinski definition) is 2. The third-order valence-corrected chi connectivity index (χ3v) is 4.00. The van der Waals surface area contributed by atoms with Crippen LogP contribution in [0.3, 0.4) is 0 Å². The average Bonchev–Trinajstić information content (AvgIpc) is 2.98. The van der Waals surface area contributed by atoms with E-state index in [1.54, 1.807) is 18.9 Å². The van der Waals surface area contributed by atoms with Gasteiger partial charge in [-0.05, 0) is 31.2 Å². The van der Waals surface area contributed by atoms with Crippen molar-refractivity contribution in [2.24, 2.45) is 0 Å². The molecule has 1 atom stereocenters. The van der Waals surface area contributed by atoms with Crippen molar-refractivity contribution in [1.82, 2.24) is 20.5 Å². The van der Waals surface area contributed by atoms with Crippen LogP contribution < -0.4 is 10.1 Å². The largest absolute Gasteiger partial charge is 0.496 e. The van der Waals surface area contributed by atoms with Crippen LogP contribution in [0.1, 0.15) is 31.0 Å². The molecule has 1 unspecified atom stereocenters. The molecule has 5 nitrogen and oxygen atoms in total. The van der Waals surface area contributed by atoms with Gasteiger partial charge in [0.2, 0.25) is 0 Å². The highest BCUT2D eigenvalue weighted by Gasteiger charge is 2.10. The fraction of sp³-hybridized carbons (Fsp3) is 0.429. The maximum atomic E-state index is 5.43. The number of nitrogens with one attached hydrogen (secondary N) is 2. The number of hydrogen-bond acceptors (Lipinski definition) is 5. The highest BCUT2D eigenvalue weighted by Crippen LogP contribution is 2.28. The Bertz CT molecular complexity index is 530. The van der Waals surface area contributed by atoms with Crippen molar-refractivity contribution in [2.75, 3.05) is 13.7 Å². The molecule has 0 saturated carbocycles. The summed E-state index contributed by atoms with van der Waals surface area (Å²) < 4.78 is 5.43. The Kier molecular flexibility index (Phi) is 5.43. The number of thioether (sulfide) groups is 1. The summed E-state index contributed by atoms with van der Waals surface area (Å²) in [6, 6.07) is 6.66. The smallest absolute Gasteiger partial charge is 0.183 e. The van der Waals surface area contributed by atoms with Crippen LogP contribution in [0.15, 0.2) is 29.7 Å². The molecule has 0 aliphatic carbocycles. The van der Waals surface area contributed by atoms with Gasteiger partial charge in [-0.1, -0.05) is 24.8 Å². The van der Waals surface area contributed by atoms with Crippen molar-refractivity contribution in [3.8, 4) is 5.75 Å². The Morgan fingerprint density at radius 1 is 1.45 bits per heavy atom. The van der Waals surface area contributed by atoms with E-state index in [-0.39, 0.29) is 0 Å². The highest BCUT2D eigenvalue weighted by atomic mass is 32.2. The van der Waals surface area contributed by atoms with Gasteiger partial charge in [0, 0.05) is 17.4 Å². The molecule has 0 aliphatic heterocycles. The molecule has 2 aromatic rings. The number of benzene rings is 1. The van der Waals surface area contributed by atoms with Crippen LogP contribution >= 0.6 is 11.8 Å². The maximum absolute atomic E-state index is 5.43. The number of methoxy groups -OCH3 is 1. The summed E-state index contributed by atoms with van der Waals surface area (Å²) in [5.74, 6) is 1.70. The number of H-pyrrole nitrogens is 1. The number of rotatable bonds is 7. The molecule has 2 N–H and O–H groups in total. The first-order chi connectivity index (χ1) is 9.74. The third-order valence-electron chi connectivity index (χ3n) is 3.07. The minimum atomic E-state index is 0.333. The number of nitrogens with zero attached hydrogens (tertiary/aromatic N) is 2. The molecule has 20 heavy (non-hydrogen) atoms. The van der Waals surface area contributed by atoms with Gasteiger partial charge in [0.1, 0.15) is 12.1 Å². The summed E-state index contributed by atoms with van der Waals surface area (Å²) in [4.78, 5) is 4.12. The predicted molar refractivity (Wildman–Crippen MR) is 81.0 cm³/mol.